The topological polar surface area (TPSA) is 320 Å². The molecule has 2 aliphatic rings. The summed E-state index contributed by atoms with van der Waals surface area (Å²) in [5, 5.41) is 8.29. The summed E-state index contributed by atoms with van der Waals surface area (Å²) in [6.45, 7) is 4.64. The van der Waals surface area contributed by atoms with Crippen molar-refractivity contribution < 1.29 is 80.3 Å². The normalized spacial score (nSPS) is 17.6. The van der Waals surface area contributed by atoms with E-state index in [1.54, 1.807) is 62.4 Å². The smallest absolute Gasteiger partial charge is 0.338 e. The molecule has 0 spiro atoms. The zero-order valence-electron chi connectivity index (χ0n) is 48.5. The molecule has 2 aliphatic heterocycles. The van der Waals surface area contributed by atoms with E-state index in [1.165, 1.54) is 50.6 Å². The second-order valence-electron chi connectivity index (χ2n) is 21.4. The molecule has 466 valence electrons. The molecule has 87 heavy (non-hydrogen) atoms. The van der Waals surface area contributed by atoms with Crippen molar-refractivity contribution in [3.05, 3.63) is 174 Å². The van der Waals surface area contributed by atoms with Gasteiger partial charge in [0, 0.05) is 78.5 Å². The number of nitrogens with one attached hydrogen (secondary N) is 2. The van der Waals surface area contributed by atoms with Gasteiger partial charge in [-0.15, -0.1) is 0 Å². The maximum atomic E-state index is 13.6. The predicted octanol–water partition coefficient (Wildman–Crippen LogP) is 6.60. The fraction of sp³-hybridized carbons (Fsp3) is 0.344. The molecule has 7 rings (SSSR count). The van der Waals surface area contributed by atoms with E-state index in [2.05, 4.69) is 10.6 Å². The van der Waals surface area contributed by atoms with Crippen molar-refractivity contribution in [3.8, 4) is 0 Å². The first-order valence-electron chi connectivity index (χ1n) is 27.9. The minimum atomic E-state index is -4.95. The van der Waals surface area contributed by atoms with Crippen LogP contribution in [0.15, 0.2) is 161 Å². The van der Waals surface area contributed by atoms with Crippen LogP contribution in [-0.4, -0.2) is 138 Å². The number of hydrogen-bond donors (Lipinski definition) is 5. The zero-order chi connectivity index (χ0) is 63.4. The average molecular weight is 1290 g/mol. The Morgan fingerprint density at radius 3 is 1.89 bits per heavy atom. The van der Waals surface area contributed by atoms with Gasteiger partial charge in [0.1, 0.15) is 16.7 Å². The highest BCUT2D eigenvalue weighted by Crippen LogP contribution is 2.52. The summed E-state index contributed by atoms with van der Waals surface area (Å²) in [4.78, 5) is 40.8. The third-order valence-corrected chi connectivity index (χ3v) is 21.1. The van der Waals surface area contributed by atoms with Crippen LogP contribution >= 0.6 is 7.92 Å². The van der Waals surface area contributed by atoms with Crippen molar-refractivity contribution in [1.82, 2.24) is 10.6 Å². The van der Waals surface area contributed by atoms with Crippen molar-refractivity contribution in [1.29, 1.82) is 0 Å². The molecule has 21 nitrogen and oxygen atoms in total. The van der Waals surface area contributed by atoms with E-state index in [0.29, 0.717) is 76.1 Å². The number of benzene rings is 5. The van der Waals surface area contributed by atoms with Gasteiger partial charge in [0.15, 0.2) is 12.3 Å². The summed E-state index contributed by atoms with van der Waals surface area (Å²) >= 11 is 0. The van der Waals surface area contributed by atoms with Gasteiger partial charge < -0.3 is 29.6 Å². The van der Waals surface area contributed by atoms with Gasteiger partial charge in [0.2, 0.25) is 11.6 Å². The molecule has 2 heterocycles. The van der Waals surface area contributed by atoms with Gasteiger partial charge in [-0.05, 0) is 131 Å². The Bertz CT molecular complexity index is 3920. The van der Waals surface area contributed by atoms with Gasteiger partial charge in [-0.2, -0.15) is 29.8 Å². The van der Waals surface area contributed by atoms with Gasteiger partial charge in [-0.1, -0.05) is 85.3 Å². The average Bonchev–Trinajstić information content (AvgIpc) is 1.61. The van der Waals surface area contributed by atoms with Crippen LogP contribution in [0, 0.1) is 0 Å². The number of rotatable bonds is 30. The molecule has 0 radical (unpaired) electrons. The maximum Gasteiger partial charge on any atom is 0.338 e. The second-order valence-corrected chi connectivity index (χ2v) is 29.5. The zero-order valence-corrected chi connectivity index (χ0v) is 52.7. The number of ether oxygens (including phenoxy) is 2. The van der Waals surface area contributed by atoms with Crippen LogP contribution in [0.25, 0.3) is 0 Å². The standard InChI is InChI=1S/C61H71N4O17PS4/c1-60(32-17-39-84(69,70)71)50-42-47(86(75,76)77)27-30-52(50)64(55(60)23-13-7-14-24-56-61(2,33-18-40-85(72,73)74)51-43-48(87(78,79)80)28-31-53(51)65(56)37-38-81-3)36-16-8-15-25-57(66)62-34-35-63-58(67)44-26-29-49(59(68)82-4)54(41-44)83(45-19-9-5-10-20-45)46-21-11-6-12-22-46/h5-7,9-14,19-24,26-31,41-43H,8,15-18,25,32-40H2,1-4H3,(H5-,62,63,66,67,69,70,71,72,73,74,75,76,77,78,79,80). The monoisotopic (exact) mass is 1290 g/mol. The summed E-state index contributed by atoms with van der Waals surface area (Å²) in [6, 6.07) is 32.4. The summed E-state index contributed by atoms with van der Waals surface area (Å²) in [5.74, 6) is -2.37. The molecule has 2 atom stereocenters. The van der Waals surface area contributed by atoms with E-state index >= 15 is 0 Å². The van der Waals surface area contributed by atoms with Gasteiger partial charge >= 0.3 is 5.97 Å². The molecule has 0 bridgehead atoms. The molecular formula is C61H71N4O17PS4. The molecule has 5 aromatic rings. The number of methoxy groups -OCH3 is 2. The number of nitrogens with zero attached hydrogens (tertiary/aromatic N) is 2. The lowest BCUT2D eigenvalue weighted by atomic mass is 9.76. The Morgan fingerprint density at radius 2 is 1.29 bits per heavy atom. The predicted molar refractivity (Wildman–Crippen MR) is 332 cm³/mol. The third-order valence-electron chi connectivity index (χ3n) is 15.4. The van der Waals surface area contributed by atoms with Crippen molar-refractivity contribution >= 4 is 99.2 Å². The van der Waals surface area contributed by atoms with E-state index in [9.17, 15) is 66.3 Å². The first kappa shape index (κ1) is 67.7. The minimum Gasteiger partial charge on any atom is -0.744 e. The first-order chi connectivity index (χ1) is 41.1. The van der Waals surface area contributed by atoms with Crippen LogP contribution in [0.1, 0.15) is 97.1 Å². The van der Waals surface area contributed by atoms with Gasteiger partial charge in [0.05, 0.1) is 39.4 Å². The van der Waals surface area contributed by atoms with Crippen LogP contribution in [0.2, 0.25) is 0 Å². The SMILES string of the molecule is COCC[N+]1=C(/C=C/C=C/C=C2/N(CCCCCC(=O)NCCNC(=O)c3ccc(C(=O)OC)c(P(c4ccccc4)c4ccccc4)c3)c3ccc(S(=O)(=O)[O-])cc3C2(C)CCCS(=O)(=O)O)C(C)(CCCS(=O)(=O)O)c2cc(S(=O)(=O)O)ccc21. The number of carbonyl (C=O) groups excluding carboxylic acids is 3. The molecule has 5 N–H and O–H groups in total. The third kappa shape index (κ3) is 17.3. The highest BCUT2D eigenvalue weighted by atomic mass is 32.2. The van der Waals surface area contributed by atoms with E-state index in [0.717, 1.165) is 10.6 Å². The first-order valence-corrected chi connectivity index (χ1v) is 35.3. The fourth-order valence-corrected chi connectivity index (χ4v) is 15.7. The number of carbonyl (C=O) groups is 3. The van der Waals surface area contributed by atoms with E-state index in [4.69, 9.17) is 9.47 Å². The summed E-state index contributed by atoms with van der Waals surface area (Å²) in [5.41, 5.74) is 1.71. The Kier molecular flexibility index (Phi) is 22.6. The van der Waals surface area contributed by atoms with Crippen molar-refractivity contribution in [2.24, 2.45) is 0 Å². The Balaban J connectivity index is 1.07. The van der Waals surface area contributed by atoms with Crippen molar-refractivity contribution in [2.45, 2.75) is 85.8 Å². The second kappa shape index (κ2) is 29.0. The number of esters is 1. The maximum absolute atomic E-state index is 13.6. The molecule has 5 aromatic carbocycles. The lowest BCUT2D eigenvalue weighted by Gasteiger charge is -2.30. The van der Waals surface area contributed by atoms with E-state index in [1.807, 2.05) is 70.1 Å². The van der Waals surface area contributed by atoms with E-state index in [-0.39, 0.29) is 69.1 Å². The van der Waals surface area contributed by atoms with Crippen LogP contribution in [0.4, 0.5) is 11.4 Å². The largest absolute Gasteiger partial charge is 0.744 e. The van der Waals surface area contributed by atoms with Crippen LogP contribution < -0.4 is 31.4 Å². The molecule has 0 saturated heterocycles. The quantitative estimate of drug-likeness (QED) is 0.00807. The molecule has 2 amide bonds. The van der Waals surface area contributed by atoms with Crippen molar-refractivity contribution in [2.75, 3.05) is 63.4 Å². The Labute approximate surface area is 510 Å². The highest BCUT2D eigenvalue weighted by molar-refractivity contribution is 7.86. The summed E-state index contributed by atoms with van der Waals surface area (Å²) < 4.78 is 151. The molecule has 0 aliphatic carbocycles. The number of fused-ring (bicyclic) bond motifs is 2. The molecule has 0 fully saturated rings. The van der Waals surface area contributed by atoms with Gasteiger partial charge in [-0.3, -0.25) is 23.2 Å². The number of unbranched alkanes of at least 4 members (excludes halogenated alkanes) is 2. The van der Waals surface area contributed by atoms with Crippen molar-refractivity contribution in [3.63, 3.8) is 0 Å². The molecule has 26 heteroatoms. The van der Waals surface area contributed by atoms with Gasteiger partial charge in [0.25, 0.3) is 36.3 Å². The summed E-state index contributed by atoms with van der Waals surface area (Å²) in [7, 11) is -16.9. The number of anilines is 1. The molecule has 0 aromatic heterocycles. The van der Waals surface area contributed by atoms with Crippen LogP contribution in [-0.2, 0) is 65.6 Å². The number of hydrogen-bond acceptors (Lipinski definition) is 15. The summed E-state index contributed by atoms with van der Waals surface area (Å²) in [6.07, 6.45) is 10.4. The van der Waals surface area contributed by atoms with Crippen LogP contribution in [0.5, 0.6) is 0 Å². The number of amides is 2. The fourth-order valence-electron chi connectivity index (χ4n) is 11.2. The highest BCUT2D eigenvalue weighted by Gasteiger charge is 2.48. The molecule has 2 unspecified atom stereocenters. The van der Waals surface area contributed by atoms with Crippen LogP contribution in [0.3, 0.4) is 0 Å². The van der Waals surface area contributed by atoms with Gasteiger partial charge in [-0.25, -0.2) is 13.2 Å². The van der Waals surface area contributed by atoms with E-state index < -0.39 is 87.5 Å². The molecular weight excluding hydrogens is 1220 g/mol. The molecule has 0 saturated carbocycles. The lowest BCUT2D eigenvalue weighted by Crippen LogP contribution is -2.35. The number of allylic oxidation sites excluding steroid dienone is 6. The Hall–Kier alpha value is -6.77. The minimum absolute atomic E-state index is 0.0213. The Morgan fingerprint density at radius 1 is 0.678 bits per heavy atom. The lowest BCUT2D eigenvalue weighted by molar-refractivity contribution is -0.441.